The molecule has 7 heteroatoms. The van der Waals surface area contributed by atoms with Crippen LogP contribution in [0.1, 0.15) is 38.5 Å². The number of thiazole rings is 1. The van der Waals surface area contributed by atoms with E-state index in [1.807, 2.05) is 4.90 Å². The summed E-state index contributed by atoms with van der Waals surface area (Å²) >= 11 is 1.15. The number of aromatic nitrogens is 1. The average molecular weight is 366 g/mol. The zero-order chi connectivity index (χ0) is 17.4. The first kappa shape index (κ1) is 16.7. The molecule has 25 heavy (non-hydrogen) atoms. The van der Waals surface area contributed by atoms with Crippen molar-refractivity contribution in [1.29, 1.82) is 0 Å². The number of piperidine rings is 1. The molecule has 1 amide bonds. The van der Waals surface area contributed by atoms with E-state index in [9.17, 15) is 13.6 Å². The monoisotopic (exact) mass is 366 g/mol. The number of likely N-dealkylation sites (tertiary alicyclic amines) is 1. The smallest absolute Gasteiger partial charge is 0.274 e. The van der Waals surface area contributed by atoms with Gasteiger partial charge in [0, 0.05) is 37.9 Å². The number of carbonyl (C=O) groups excluding carboxylic acids is 1. The van der Waals surface area contributed by atoms with Gasteiger partial charge in [0.1, 0.15) is 17.4 Å². The third-order valence-corrected chi connectivity index (χ3v) is 6.01. The predicted molar refractivity (Wildman–Crippen MR) is 91.7 cm³/mol. The van der Waals surface area contributed by atoms with Gasteiger partial charge in [-0.1, -0.05) is 24.2 Å². The second-order valence-corrected chi connectivity index (χ2v) is 7.83. The second-order valence-electron chi connectivity index (χ2n) is 6.84. The molecule has 2 aliphatic rings. The van der Waals surface area contributed by atoms with Gasteiger partial charge in [0.25, 0.3) is 5.19 Å². The summed E-state index contributed by atoms with van der Waals surface area (Å²) in [6.45, 7) is 1.38. The summed E-state index contributed by atoms with van der Waals surface area (Å²) in [5, 5.41) is 0.361. The van der Waals surface area contributed by atoms with Gasteiger partial charge in [-0.2, -0.15) is 4.98 Å². The zero-order valence-corrected chi connectivity index (χ0v) is 14.7. The Bertz CT molecular complexity index is 781. The molecular formula is C18H20F2N2O2S. The molecular weight excluding hydrogens is 346 g/mol. The predicted octanol–water partition coefficient (Wildman–Crippen LogP) is 4.13. The van der Waals surface area contributed by atoms with Crippen LogP contribution in [0.2, 0.25) is 0 Å². The highest BCUT2D eigenvalue weighted by molar-refractivity contribution is 7.20. The van der Waals surface area contributed by atoms with Gasteiger partial charge < -0.3 is 9.64 Å². The molecule has 0 atom stereocenters. The first-order chi connectivity index (χ1) is 12.1. The Hall–Kier alpha value is -1.76. The molecule has 1 aromatic heterocycles. The maximum atomic E-state index is 13.7. The van der Waals surface area contributed by atoms with Crippen molar-refractivity contribution in [3.63, 3.8) is 0 Å². The number of amides is 1. The van der Waals surface area contributed by atoms with Crippen LogP contribution < -0.4 is 4.74 Å². The quantitative estimate of drug-likeness (QED) is 0.820. The summed E-state index contributed by atoms with van der Waals surface area (Å²) in [5.74, 6) is -0.787. The molecule has 1 saturated carbocycles. The Morgan fingerprint density at radius 2 is 1.88 bits per heavy atom. The highest BCUT2D eigenvalue weighted by Crippen LogP contribution is 2.32. The highest BCUT2D eigenvalue weighted by atomic mass is 32.1. The summed E-state index contributed by atoms with van der Waals surface area (Å²) in [6, 6.07) is 2.10. The van der Waals surface area contributed by atoms with Gasteiger partial charge in [0.2, 0.25) is 5.91 Å². The molecule has 1 aliphatic carbocycles. The standard InChI is InChI=1S/C18H20F2N2O2S/c19-12-9-14(20)16-15(10-12)25-18(21-16)24-13-5-7-22(8-6-13)17(23)11-3-1-2-4-11/h9-11,13H,1-8H2. The Balaban J connectivity index is 1.37. The van der Waals surface area contributed by atoms with Crippen molar-refractivity contribution in [3.8, 4) is 5.19 Å². The lowest BCUT2D eigenvalue weighted by Crippen LogP contribution is -2.43. The molecule has 1 saturated heterocycles. The number of hydrogen-bond donors (Lipinski definition) is 0. The van der Waals surface area contributed by atoms with E-state index in [0.29, 0.717) is 23.0 Å². The molecule has 0 unspecified atom stereocenters. The molecule has 1 aromatic carbocycles. The number of fused-ring (bicyclic) bond motifs is 1. The van der Waals surface area contributed by atoms with Gasteiger partial charge in [0.15, 0.2) is 5.82 Å². The number of benzene rings is 1. The third-order valence-electron chi connectivity index (χ3n) is 5.12. The fourth-order valence-electron chi connectivity index (χ4n) is 3.75. The Morgan fingerprint density at radius 3 is 2.60 bits per heavy atom. The van der Waals surface area contributed by atoms with E-state index in [-0.39, 0.29) is 23.4 Å². The molecule has 2 heterocycles. The van der Waals surface area contributed by atoms with Gasteiger partial charge in [-0.3, -0.25) is 4.79 Å². The van der Waals surface area contributed by atoms with Gasteiger partial charge >= 0.3 is 0 Å². The SMILES string of the molecule is O=C(C1CCCC1)N1CCC(Oc2nc3c(F)cc(F)cc3s2)CC1. The maximum Gasteiger partial charge on any atom is 0.274 e. The number of ether oxygens (including phenoxy) is 1. The van der Waals surface area contributed by atoms with E-state index in [2.05, 4.69) is 4.98 Å². The molecule has 2 fully saturated rings. The van der Waals surface area contributed by atoms with Gasteiger partial charge in [-0.05, 0) is 18.9 Å². The Labute approximate surface area is 148 Å². The summed E-state index contributed by atoms with van der Waals surface area (Å²) in [5.41, 5.74) is 0.148. The van der Waals surface area contributed by atoms with E-state index >= 15 is 0 Å². The van der Waals surface area contributed by atoms with Gasteiger partial charge in [-0.25, -0.2) is 8.78 Å². The van der Waals surface area contributed by atoms with Crippen molar-refractivity contribution in [2.45, 2.75) is 44.6 Å². The summed E-state index contributed by atoms with van der Waals surface area (Å²) in [6.07, 6.45) is 5.79. The van der Waals surface area contributed by atoms with Crippen LogP contribution in [-0.4, -0.2) is 35.0 Å². The molecule has 4 nitrogen and oxygen atoms in total. The van der Waals surface area contributed by atoms with Crippen LogP contribution in [0.25, 0.3) is 10.2 Å². The molecule has 0 bridgehead atoms. The van der Waals surface area contributed by atoms with Crippen LogP contribution in [0, 0.1) is 17.6 Å². The number of hydrogen-bond acceptors (Lipinski definition) is 4. The molecule has 0 radical (unpaired) electrons. The minimum atomic E-state index is -0.668. The Kier molecular flexibility index (Phi) is 4.58. The summed E-state index contributed by atoms with van der Waals surface area (Å²) in [4.78, 5) is 18.5. The van der Waals surface area contributed by atoms with Crippen molar-refractivity contribution in [2.24, 2.45) is 5.92 Å². The molecule has 0 N–H and O–H groups in total. The second kappa shape index (κ2) is 6.86. The molecule has 4 rings (SSSR count). The first-order valence-electron chi connectivity index (χ1n) is 8.81. The summed E-state index contributed by atoms with van der Waals surface area (Å²) in [7, 11) is 0. The fraction of sp³-hybridized carbons (Fsp3) is 0.556. The lowest BCUT2D eigenvalue weighted by Gasteiger charge is -2.33. The zero-order valence-electron chi connectivity index (χ0n) is 13.8. The average Bonchev–Trinajstić information content (AvgIpc) is 3.24. The van der Waals surface area contributed by atoms with Crippen molar-refractivity contribution in [1.82, 2.24) is 9.88 Å². The normalized spacial score (nSPS) is 19.7. The van der Waals surface area contributed by atoms with Crippen LogP contribution in [-0.2, 0) is 4.79 Å². The van der Waals surface area contributed by atoms with E-state index in [1.54, 1.807) is 0 Å². The van der Waals surface area contributed by atoms with Crippen molar-refractivity contribution >= 4 is 27.5 Å². The minimum Gasteiger partial charge on any atom is -0.467 e. The number of carbonyl (C=O) groups is 1. The molecule has 134 valence electrons. The van der Waals surface area contributed by atoms with E-state index in [1.165, 1.54) is 6.07 Å². The van der Waals surface area contributed by atoms with Crippen LogP contribution in [0.5, 0.6) is 5.19 Å². The topological polar surface area (TPSA) is 42.4 Å². The summed E-state index contributed by atoms with van der Waals surface area (Å²) < 4.78 is 33.3. The number of nitrogens with zero attached hydrogens (tertiary/aromatic N) is 2. The van der Waals surface area contributed by atoms with Gasteiger partial charge in [-0.15, -0.1) is 0 Å². The lowest BCUT2D eigenvalue weighted by atomic mass is 10.0. The first-order valence-corrected chi connectivity index (χ1v) is 9.63. The number of halogens is 2. The third kappa shape index (κ3) is 3.47. The van der Waals surface area contributed by atoms with Crippen molar-refractivity contribution in [2.75, 3.05) is 13.1 Å². The number of rotatable bonds is 3. The fourth-order valence-corrected chi connectivity index (χ4v) is 4.68. The molecule has 1 aliphatic heterocycles. The van der Waals surface area contributed by atoms with E-state index in [4.69, 9.17) is 4.74 Å². The molecule has 0 spiro atoms. The highest BCUT2D eigenvalue weighted by Gasteiger charge is 2.30. The largest absolute Gasteiger partial charge is 0.467 e. The van der Waals surface area contributed by atoms with Crippen molar-refractivity contribution in [3.05, 3.63) is 23.8 Å². The van der Waals surface area contributed by atoms with Gasteiger partial charge in [0.05, 0.1) is 4.70 Å². The van der Waals surface area contributed by atoms with Crippen LogP contribution >= 0.6 is 11.3 Å². The Morgan fingerprint density at radius 1 is 1.16 bits per heavy atom. The van der Waals surface area contributed by atoms with Crippen LogP contribution in [0.4, 0.5) is 8.78 Å². The minimum absolute atomic E-state index is 0.0406. The maximum absolute atomic E-state index is 13.7. The molecule has 2 aromatic rings. The van der Waals surface area contributed by atoms with E-state index < -0.39 is 11.6 Å². The van der Waals surface area contributed by atoms with Crippen LogP contribution in [0.3, 0.4) is 0 Å². The van der Waals surface area contributed by atoms with Crippen LogP contribution in [0.15, 0.2) is 12.1 Å². The van der Waals surface area contributed by atoms with Crippen molar-refractivity contribution < 1.29 is 18.3 Å². The van der Waals surface area contributed by atoms with E-state index in [0.717, 1.165) is 55.9 Å². The lowest BCUT2D eigenvalue weighted by molar-refractivity contribution is -0.137.